The molecule has 2 aromatic carbocycles. The molecule has 2 rings (SSSR count). The van der Waals surface area contributed by atoms with Crippen molar-refractivity contribution in [2.45, 2.75) is 4.90 Å². The Labute approximate surface area is 135 Å². The van der Waals surface area contributed by atoms with Crippen molar-refractivity contribution in [1.29, 1.82) is 0 Å². The maximum absolute atomic E-state index is 5.23. The van der Waals surface area contributed by atoms with Crippen LogP contribution in [0.4, 0.5) is 0 Å². The predicted octanol–water partition coefficient (Wildman–Crippen LogP) is 3.82. The van der Waals surface area contributed by atoms with Crippen molar-refractivity contribution in [3.63, 3.8) is 0 Å². The Morgan fingerprint density at radius 2 is 2.05 bits per heavy atom. The maximum atomic E-state index is 5.23. The van der Waals surface area contributed by atoms with Crippen LogP contribution < -0.4 is 4.74 Å². The van der Waals surface area contributed by atoms with E-state index < -0.39 is 0 Å². The molecule has 0 atom stereocenters. The van der Waals surface area contributed by atoms with Crippen LogP contribution in [0.25, 0.3) is 0 Å². The number of hydrogen-bond acceptors (Lipinski definition) is 4. The SMILES string of the molecule is COc1ccccc1C=NOCC#Cc1cccc(SC)c1. The van der Waals surface area contributed by atoms with Crippen LogP contribution in [0.2, 0.25) is 0 Å². The van der Waals surface area contributed by atoms with E-state index in [4.69, 9.17) is 9.57 Å². The molecule has 0 bridgehead atoms. The van der Waals surface area contributed by atoms with Gasteiger partial charge in [0, 0.05) is 16.0 Å². The number of hydrogen-bond donors (Lipinski definition) is 0. The average molecular weight is 311 g/mol. The van der Waals surface area contributed by atoms with E-state index >= 15 is 0 Å². The Bertz CT molecular complexity index is 701. The van der Waals surface area contributed by atoms with Gasteiger partial charge < -0.3 is 9.57 Å². The van der Waals surface area contributed by atoms with Gasteiger partial charge in [-0.3, -0.25) is 0 Å². The van der Waals surface area contributed by atoms with Gasteiger partial charge in [0.25, 0.3) is 0 Å². The fourth-order valence-corrected chi connectivity index (χ4v) is 2.24. The molecule has 4 heteroatoms. The van der Waals surface area contributed by atoms with Gasteiger partial charge in [-0.15, -0.1) is 11.8 Å². The Hall–Kier alpha value is -2.38. The maximum Gasteiger partial charge on any atom is 0.177 e. The molecule has 0 heterocycles. The Balaban J connectivity index is 1.87. The summed E-state index contributed by atoms with van der Waals surface area (Å²) in [5, 5.41) is 3.90. The van der Waals surface area contributed by atoms with Gasteiger partial charge in [0.2, 0.25) is 0 Å². The lowest BCUT2D eigenvalue weighted by Gasteiger charge is -2.02. The molecule has 0 aliphatic carbocycles. The number of methoxy groups -OCH3 is 1. The van der Waals surface area contributed by atoms with Gasteiger partial charge in [-0.2, -0.15) is 0 Å². The molecule has 112 valence electrons. The van der Waals surface area contributed by atoms with Crippen molar-refractivity contribution in [3.05, 3.63) is 59.7 Å². The first-order valence-corrected chi connectivity index (χ1v) is 7.97. The highest BCUT2D eigenvalue weighted by atomic mass is 32.2. The third-order valence-corrected chi connectivity index (χ3v) is 3.57. The van der Waals surface area contributed by atoms with Crippen molar-refractivity contribution in [2.24, 2.45) is 5.16 Å². The summed E-state index contributed by atoms with van der Waals surface area (Å²) in [6.07, 6.45) is 3.66. The van der Waals surface area contributed by atoms with E-state index in [0.717, 1.165) is 16.9 Å². The molecule has 0 saturated heterocycles. The van der Waals surface area contributed by atoms with Crippen molar-refractivity contribution in [3.8, 4) is 17.6 Å². The van der Waals surface area contributed by atoms with Crippen LogP contribution in [-0.2, 0) is 4.84 Å². The van der Waals surface area contributed by atoms with E-state index in [1.807, 2.05) is 42.7 Å². The molecule has 0 radical (unpaired) electrons. The number of para-hydroxylation sites is 1. The molecular formula is C18H17NO2S. The third-order valence-electron chi connectivity index (χ3n) is 2.84. The van der Waals surface area contributed by atoms with Crippen molar-refractivity contribution in [2.75, 3.05) is 20.0 Å². The van der Waals surface area contributed by atoms with Gasteiger partial charge in [0.1, 0.15) is 5.75 Å². The lowest BCUT2D eigenvalue weighted by Crippen LogP contribution is -1.91. The van der Waals surface area contributed by atoms with Gasteiger partial charge in [0.15, 0.2) is 6.61 Å². The number of benzene rings is 2. The third kappa shape index (κ3) is 4.87. The standard InChI is InChI=1S/C18H17NO2S/c1-20-18-11-4-3-9-16(18)14-19-21-12-6-8-15-7-5-10-17(13-15)22-2/h3-5,7,9-11,13-14H,12H2,1-2H3. The molecule has 0 aromatic heterocycles. The monoisotopic (exact) mass is 311 g/mol. The summed E-state index contributed by atoms with van der Waals surface area (Å²) in [6, 6.07) is 15.7. The normalized spacial score (nSPS) is 10.1. The smallest absolute Gasteiger partial charge is 0.177 e. The second-order valence-electron chi connectivity index (χ2n) is 4.28. The first-order chi connectivity index (χ1) is 10.8. The van der Waals surface area contributed by atoms with Gasteiger partial charge >= 0.3 is 0 Å². The van der Waals surface area contributed by atoms with E-state index in [9.17, 15) is 0 Å². The van der Waals surface area contributed by atoms with Gasteiger partial charge in [0.05, 0.1) is 13.3 Å². The minimum atomic E-state index is 0.245. The van der Waals surface area contributed by atoms with Crippen LogP contribution in [0, 0.1) is 11.8 Å². The predicted molar refractivity (Wildman–Crippen MR) is 91.6 cm³/mol. The molecule has 0 fully saturated rings. The number of rotatable bonds is 5. The molecule has 0 amide bonds. The van der Waals surface area contributed by atoms with Crippen LogP contribution in [0.15, 0.2) is 58.6 Å². The molecule has 0 aliphatic rings. The van der Waals surface area contributed by atoms with E-state index in [1.165, 1.54) is 4.90 Å². The first kappa shape index (κ1) is 16.0. The van der Waals surface area contributed by atoms with Crippen LogP contribution in [0.5, 0.6) is 5.75 Å². The number of thioether (sulfide) groups is 1. The summed E-state index contributed by atoms with van der Waals surface area (Å²) in [6.45, 7) is 0.245. The Morgan fingerprint density at radius 1 is 1.18 bits per heavy atom. The summed E-state index contributed by atoms with van der Waals surface area (Å²) in [5.74, 6) is 6.75. The largest absolute Gasteiger partial charge is 0.496 e. The second kappa shape index (κ2) is 8.81. The van der Waals surface area contributed by atoms with Gasteiger partial charge in [-0.25, -0.2) is 0 Å². The van der Waals surface area contributed by atoms with Crippen molar-refractivity contribution < 1.29 is 9.57 Å². The molecule has 0 unspecified atom stereocenters. The second-order valence-corrected chi connectivity index (χ2v) is 5.16. The Kier molecular flexibility index (Phi) is 6.40. The summed E-state index contributed by atoms with van der Waals surface area (Å²) >= 11 is 1.70. The van der Waals surface area contributed by atoms with Crippen LogP contribution in [0.3, 0.4) is 0 Å². The zero-order chi connectivity index (χ0) is 15.6. The molecule has 22 heavy (non-hydrogen) atoms. The molecule has 2 aromatic rings. The topological polar surface area (TPSA) is 30.8 Å². The highest BCUT2D eigenvalue weighted by Crippen LogP contribution is 2.15. The highest BCUT2D eigenvalue weighted by molar-refractivity contribution is 7.98. The van der Waals surface area contributed by atoms with Crippen LogP contribution >= 0.6 is 11.8 Å². The fourth-order valence-electron chi connectivity index (χ4n) is 1.78. The van der Waals surface area contributed by atoms with Crippen LogP contribution in [-0.4, -0.2) is 26.2 Å². The van der Waals surface area contributed by atoms with Crippen LogP contribution in [0.1, 0.15) is 11.1 Å². The van der Waals surface area contributed by atoms with Gasteiger partial charge in [-0.05, 0) is 36.6 Å². The summed E-state index contributed by atoms with van der Waals surface area (Å²) in [4.78, 5) is 6.35. The lowest BCUT2D eigenvalue weighted by atomic mass is 10.2. The lowest BCUT2D eigenvalue weighted by molar-refractivity contribution is 0.181. The molecule has 0 N–H and O–H groups in total. The first-order valence-electron chi connectivity index (χ1n) is 6.75. The molecule has 0 spiro atoms. The van der Waals surface area contributed by atoms with E-state index in [1.54, 1.807) is 25.1 Å². The molecule has 0 saturated carbocycles. The Morgan fingerprint density at radius 3 is 2.86 bits per heavy atom. The quantitative estimate of drug-likeness (QED) is 0.276. The zero-order valence-corrected chi connectivity index (χ0v) is 13.4. The average Bonchev–Trinajstić information content (AvgIpc) is 2.58. The van der Waals surface area contributed by atoms with E-state index in [0.29, 0.717) is 0 Å². The number of ether oxygens (including phenoxy) is 1. The summed E-state index contributed by atoms with van der Waals surface area (Å²) in [5.41, 5.74) is 1.84. The fraction of sp³-hybridized carbons (Fsp3) is 0.167. The minimum absolute atomic E-state index is 0.245. The van der Waals surface area contributed by atoms with Crippen molar-refractivity contribution in [1.82, 2.24) is 0 Å². The zero-order valence-electron chi connectivity index (χ0n) is 12.6. The summed E-state index contributed by atoms with van der Waals surface area (Å²) < 4.78 is 5.23. The molecule has 3 nitrogen and oxygen atoms in total. The highest BCUT2D eigenvalue weighted by Gasteiger charge is 1.96. The molecule has 0 aliphatic heterocycles. The van der Waals surface area contributed by atoms with Crippen molar-refractivity contribution >= 4 is 18.0 Å². The van der Waals surface area contributed by atoms with E-state index in [-0.39, 0.29) is 6.61 Å². The summed E-state index contributed by atoms with van der Waals surface area (Å²) in [7, 11) is 1.63. The molecular weight excluding hydrogens is 294 g/mol. The van der Waals surface area contributed by atoms with Gasteiger partial charge in [-0.1, -0.05) is 35.2 Å². The number of oxime groups is 1. The van der Waals surface area contributed by atoms with E-state index in [2.05, 4.69) is 29.1 Å². The minimum Gasteiger partial charge on any atom is -0.496 e. The number of nitrogens with zero attached hydrogens (tertiary/aromatic N) is 1.